The molecule has 0 radical (unpaired) electrons. The van der Waals surface area contributed by atoms with Gasteiger partial charge in [0, 0.05) is 19.1 Å². The molecule has 0 aliphatic carbocycles. The van der Waals surface area contributed by atoms with E-state index in [0.717, 1.165) is 24.8 Å². The highest BCUT2D eigenvalue weighted by atomic mass is 16.5. The van der Waals surface area contributed by atoms with E-state index in [1.165, 1.54) is 0 Å². The number of nitrogens with one attached hydrogen (secondary N) is 1. The fourth-order valence-electron chi connectivity index (χ4n) is 2.95. The maximum absolute atomic E-state index is 12.6. The van der Waals surface area contributed by atoms with Gasteiger partial charge < -0.3 is 20.7 Å². The standard InChI is InChI=1S/C19H29N3O3/c1-14(2)17(20)18(23)22-11-7-6-10-16(22)12-21-19(24)25-13-15-8-4-3-5-9-15/h3-5,8-9,14,16-17H,6-7,10-13,20H2,1-2H3,(H,21,24)/t16?,17-/m0/s1. The van der Waals surface area contributed by atoms with E-state index in [1.807, 2.05) is 49.1 Å². The first-order valence-electron chi connectivity index (χ1n) is 8.99. The zero-order valence-electron chi connectivity index (χ0n) is 15.1. The highest BCUT2D eigenvalue weighted by Gasteiger charge is 2.31. The number of likely N-dealkylation sites (tertiary alicyclic amines) is 1. The molecule has 2 amide bonds. The van der Waals surface area contributed by atoms with Crippen LogP contribution in [0.25, 0.3) is 0 Å². The van der Waals surface area contributed by atoms with Gasteiger partial charge >= 0.3 is 6.09 Å². The molecular formula is C19H29N3O3. The predicted molar refractivity (Wildman–Crippen MR) is 96.8 cm³/mol. The molecule has 1 aliphatic heterocycles. The van der Waals surface area contributed by atoms with Crippen LogP contribution in [0.2, 0.25) is 0 Å². The average Bonchev–Trinajstić information content (AvgIpc) is 2.64. The van der Waals surface area contributed by atoms with Crippen molar-refractivity contribution in [3.05, 3.63) is 35.9 Å². The minimum absolute atomic E-state index is 0.0182. The minimum atomic E-state index is -0.495. The Morgan fingerprint density at radius 3 is 2.68 bits per heavy atom. The van der Waals surface area contributed by atoms with Crippen LogP contribution in [0.15, 0.2) is 30.3 Å². The number of benzene rings is 1. The number of nitrogens with two attached hydrogens (primary N) is 1. The molecule has 1 heterocycles. The first-order chi connectivity index (χ1) is 12.0. The molecule has 0 spiro atoms. The molecule has 0 saturated carbocycles. The Morgan fingerprint density at radius 2 is 2.00 bits per heavy atom. The number of nitrogens with zero attached hydrogens (tertiary/aromatic N) is 1. The van der Waals surface area contributed by atoms with Gasteiger partial charge in [-0.1, -0.05) is 44.2 Å². The molecule has 3 N–H and O–H groups in total. The lowest BCUT2D eigenvalue weighted by atomic mass is 9.98. The Hall–Kier alpha value is -2.08. The summed E-state index contributed by atoms with van der Waals surface area (Å²) >= 11 is 0. The van der Waals surface area contributed by atoms with Crippen molar-refractivity contribution < 1.29 is 14.3 Å². The van der Waals surface area contributed by atoms with Crippen molar-refractivity contribution >= 4 is 12.0 Å². The third-order valence-corrected chi connectivity index (χ3v) is 4.61. The highest BCUT2D eigenvalue weighted by molar-refractivity contribution is 5.82. The summed E-state index contributed by atoms with van der Waals surface area (Å²) < 4.78 is 5.22. The Morgan fingerprint density at radius 1 is 1.28 bits per heavy atom. The second kappa shape index (κ2) is 9.42. The van der Waals surface area contributed by atoms with Crippen molar-refractivity contribution in [2.24, 2.45) is 11.7 Å². The topological polar surface area (TPSA) is 84.7 Å². The lowest BCUT2D eigenvalue weighted by Gasteiger charge is -2.37. The summed E-state index contributed by atoms with van der Waals surface area (Å²) in [5.74, 6) is 0.0676. The molecule has 138 valence electrons. The normalized spacial score (nSPS) is 18.7. The molecular weight excluding hydrogens is 318 g/mol. The number of rotatable bonds is 6. The quantitative estimate of drug-likeness (QED) is 0.827. The molecule has 0 bridgehead atoms. The molecule has 25 heavy (non-hydrogen) atoms. The predicted octanol–water partition coefficient (Wildman–Crippen LogP) is 2.28. The van der Waals surface area contributed by atoms with Gasteiger partial charge in [0.15, 0.2) is 0 Å². The van der Waals surface area contributed by atoms with Crippen LogP contribution in [-0.4, -0.2) is 42.1 Å². The van der Waals surface area contributed by atoms with Crippen LogP contribution in [0.3, 0.4) is 0 Å². The lowest BCUT2D eigenvalue weighted by molar-refractivity contribution is -0.137. The number of ether oxygens (including phenoxy) is 1. The molecule has 0 aromatic heterocycles. The first-order valence-corrected chi connectivity index (χ1v) is 8.99. The van der Waals surface area contributed by atoms with E-state index in [2.05, 4.69) is 5.32 Å². The van der Waals surface area contributed by atoms with E-state index in [0.29, 0.717) is 13.1 Å². The van der Waals surface area contributed by atoms with Crippen LogP contribution in [-0.2, 0) is 16.1 Å². The van der Waals surface area contributed by atoms with E-state index < -0.39 is 12.1 Å². The summed E-state index contributed by atoms with van der Waals surface area (Å²) in [6, 6.07) is 9.02. The number of hydrogen-bond donors (Lipinski definition) is 2. The van der Waals surface area contributed by atoms with Gasteiger partial charge in [-0.25, -0.2) is 4.79 Å². The van der Waals surface area contributed by atoms with Crippen molar-refractivity contribution in [2.45, 2.75) is 51.8 Å². The molecule has 1 unspecified atom stereocenters. The summed E-state index contributed by atoms with van der Waals surface area (Å²) in [4.78, 5) is 26.3. The lowest BCUT2D eigenvalue weighted by Crippen LogP contribution is -2.55. The van der Waals surface area contributed by atoms with Crippen molar-refractivity contribution in [2.75, 3.05) is 13.1 Å². The van der Waals surface area contributed by atoms with Gasteiger partial charge in [0.25, 0.3) is 0 Å². The van der Waals surface area contributed by atoms with Crippen LogP contribution in [0.1, 0.15) is 38.7 Å². The van der Waals surface area contributed by atoms with Crippen molar-refractivity contribution in [3.63, 3.8) is 0 Å². The van der Waals surface area contributed by atoms with Gasteiger partial charge in [0.1, 0.15) is 6.61 Å². The Bertz CT molecular complexity index is 562. The van der Waals surface area contributed by atoms with Gasteiger partial charge in [-0.15, -0.1) is 0 Å². The molecule has 1 aromatic carbocycles. The van der Waals surface area contributed by atoms with E-state index in [4.69, 9.17) is 10.5 Å². The second-order valence-electron chi connectivity index (χ2n) is 6.89. The van der Waals surface area contributed by atoms with Crippen molar-refractivity contribution in [1.29, 1.82) is 0 Å². The Balaban J connectivity index is 1.82. The van der Waals surface area contributed by atoms with E-state index in [1.54, 1.807) is 0 Å². The number of amides is 2. The number of carbonyl (C=O) groups excluding carboxylic acids is 2. The first kappa shape index (κ1) is 19.2. The Labute approximate surface area is 149 Å². The highest BCUT2D eigenvalue weighted by Crippen LogP contribution is 2.18. The van der Waals surface area contributed by atoms with E-state index in [-0.39, 0.29) is 24.5 Å². The molecule has 2 atom stereocenters. The van der Waals surface area contributed by atoms with Crippen LogP contribution >= 0.6 is 0 Å². The largest absolute Gasteiger partial charge is 0.445 e. The molecule has 6 nitrogen and oxygen atoms in total. The zero-order valence-corrected chi connectivity index (χ0v) is 15.1. The fourth-order valence-corrected chi connectivity index (χ4v) is 2.95. The van der Waals surface area contributed by atoms with Gasteiger partial charge in [-0.2, -0.15) is 0 Å². The SMILES string of the molecule is CC(C)[C@H](N)C(=O)N1CCCCC1CNC(=O)OCc1ccccc1. The second-order valence-corrected chi connectivity index (χ2v) is 6.89. The minimum Gasteiger partial charge on any atom is -0.445 e. The van der Waals surface area contributed by atoms with Crippen LogP contribution in [0.4, 0.5) is 4.79 Å². The Kier molecular flexibility index (Phi) is 7.25. The van der Waals surface area contributed by atoms with E-state index in [9.17, 15) is 9.59 Å². The summed E-state index contributed by atoms with van der Waals surface area (Å²) in [5.41, 5.74) is 6.96. The van der Waals surface area contributed by atoms with Crippen LogP contribution in [0.5, 0.6) is 0 Å². The fraction of sp³-hybridized carbons (Fsp3) is 0.579. The maximum Gasteiger partial charge on any atom is 0.407 e. The number of carbonyl (C=O) groups is 2. The molecule has 1 aromatic rings. The number of alkyl carbamates (subject to hydrolysis) is 1. The summed E-state index contributed by atoms with van der Waals surface area (Å²) in [6.45, 7) is 5.22. The third-order valence-electron chi connectivity index (χ3n) is 4.61. The van der Waals surface area contributed by atoms with Gasteiger partial charge in [0.2, 0.25) is 5.91 Å². The zero-order chi connectivity index (χ0) is 18.2. The maximum atomic E-state index is 12.6. The summed E-state index contributed by atoms with van der Waals surface area (Å²) in [6.07, 6.45) is 2.43. The smallest absolute Gasteiger partial charge is 0.407 e. The number of piperidine rings is 1. The van der Waals surface area contributed by atoms with Gasteiger partial charge in [-0.05, 0) is 30.7 Å². The van der Waals surface area contributed by atoms with Gasteiger partial charge in [0.05, 0.1) is 6.04 Å². The van der Waals surface area contributed by atoms with Crippen LogP contribution in [0, 0.1) is 5.92 Å². The monoisotopic (exact) mass is 347 g/mol. The molecule has 2 rings (SSSR count). The van der Waals surface area contributed by atoms with Gasteiger partial charge in [-0.3, -0.25) is 4.79 Å². The van der Waals surface area contributed by atoms with Crippen LogP contribution < -0.4 is 11.1 Å². The summed E-state index contributed by atoms with van der Waals surface area (Å²) in [7, 11) is 0. The molecule has 1 fully saturated rings. The average molecular weight is 347 g/mol. The molecule has 6 heteroatoms. The molecule has 1 saturated heterocycles. The third kappa shape index (κ3) is 5.74. The number of hydrogen-bond acceptors (Lipinski definition) is 4. The van der Waals surface area contributed by atoms with E-state index >= 15 is 0 Å². The van der Waals surface area contributed by atoms with Crippen molar-refractivity contribution in [3.8, 4) is 0 Å². The van der Waals surface area contributed by atoms with Crippen molar-refractivity contribution in [1.82, 2.24) is 10.2 Å². The summed E-state index contributed by atoms with van der Waals surface area (Å²) in [5, 5.41) is 2.78. The molecule has 1 aliphatic rings.